The third-order valence-corrected chi connectivity index (χ3v) is 4.87. The number of benzene rings is 1. The summed E-state index contributed by atoms with van der Waals surface area (Å²) in [5.41, 5.74) is 2.12. The normalized spacial score (nSPS) is 16.7. The predicted octanol–water partition coefficient (Wildman–Crippen LogP) is 3.30. The molecule has 1 aromatic heterocycles. The number of anilines is 1. The van der Waals surface area contributed by atoms with Crippen LogP contribution in [0.15, 0.2) is 30.3 Å². The number of nitrogens with zero attached hydrogens (tertiary/aromatic N) is 1. The Morgan fingerprint density at radius 3 is 2.95 bits per heavy atom. The molecule has 0 fully saturated rings. The van der Waals surface area contributed by atoms with E-state index in [1.54, 1.807) is 11.3 Å². The van der Waals surface area contributed by atoms with Crippen molar-refractivity contribution in [2.24, 2.45) is 0 Å². The monoisotopic (exact) mass is 302 g/mol. The smallest absolute Gasteiger partial charge is 0.312 e. The van der Waals surface area contributed by atoms with Crippen LogP contribution >= 0.6 is 11.3 Å². The summed E-state index contributed by atoms with van der Waals surface area (Å²) >= 11 is 1.60. The summed E-state index contributed by atoms with van der Waals surface area (Å²) in [7, 11) is 0. The summed E-state index contributed by atoms with van der Waals surface area (Å²) in [6, 6.07) is 10.4. The van der Waals surface area contributed by atoms with E-state index in [0.717, 1.165) is 41.5 Å². The average Bonchev–Trinajstić information content (AvgIpc) is 3.04. The molecule has 0 saturated heterocycles. The van der Waals surface area contributed by atoms with Gasteiger partial charge >= 0.3 is 5.97 Å². The molecule has 0 aliphatic heterocycles. The van der Waals surface area contributed by atoms with Gasteiger partial charge in [0.2, 0.25) is 0 Å². The molecule has 2 N–H and O–H groups in total. The zero-order chi connectivity index (χ0) is 14.7. The van der Waals surface area contributed by atoms with Crippen LogP contribution in [0.5, 0.6) is 0 Å². The summed E-state index contributed by atoms with van der Waals surface area (Å²) in [5.74, 6) is -1.16. The summed E-state index contributed by atoms with van der Waals surface area (Å²) in [4.78, 5) is 16.7. The number of carboxylic acids is 1. The van der Waals surface area contributed by atoms with Crippen LogP contribution in [0.3, 0.4) is 0 Å². The van der Waals surface area contributed by atoms with Crippen molar-refractivity contribution in [3.8, 4) is 0 Å². The van der Waals surface area contributed by atoms with Gasteiger partial charge in [-0.2, -0.15) is 0 Å². The molecule has 0 saturated carbocycles. The number of aromatic nitrogens is 1. The summed E-state index contributed by atoms with van der Waals surface area (Å²) in [6.07, 6.45) is 3.61. The zero-order valence-electron chi connectivity index (χ0n) is 11.7. The minimum absolute atomic E-state index is 0.406. The first-order valence-corrected chi connectivity index (χ1v) is 8.06. The minimum atomic E-state index is -0.755. The van der Waals surface area contributed by atoms with Gasteiger partial charge in [-0.3, -0.25) is 4.79 Å². The lowest BCUT2D eigenvalue weighted by Crippen LogP contribution is -2.09. The SMILES string of the molecule is O=C(O)C1CCc2sc(NCCCc3ccccc3)nc21. The molecule has 5 heteroatoms. The molecule has 2 aromatic rings. The predicted molar refractivity (Wildman–Crippen MR) is 84.1 cm³/mol. The molecular weight excluding hydrogens is 284 g/mol. The highest BCUT2D eigenvalue weighted by Crippen LogP contribution is 2.38. The molecule has 1 atom stereocenters. The first kappa shape index (κ1) is 14.1. The van der Waals surface area contributed by atoms with Gasteiger partial charge in [0.05, 0.1) is 5.69 Å². The van der Waals surface area contributed by atoms with Crippen molar-refractivity contribution in [1.29, 1.82) is 0 Å². The summed E-state index contributed by atoms with van der Waals surface area (Å²) in [6.45, 7) is 0.860. The Labute approximate surface area is 127 Å². The highest BCUT2D eigenvalue weighted by molar-refractivity contribution is 7.15. The highest BCUT2D eigenvalue weighted by Gasteiger charge is 2.32. The highest BCUT2D eigenvalue weighted by atomic mass is 32.1. The van der Waals surface area contributed by atoms with Gasteiger partial charge in [0.15, 0.2) is 5.13 Å². The lowest BCUT2D eigenvalue weighted by molar-refractivity contribution is -0.138. The maximum Gasteiger partial charge on any atom is 0.312 e. The number of thiazole rings is 1. The first-order valence-electron chi connectivity index (χ1n) is 7.24. The third-order valence-electron chi connectivity index (χ3n) is 3.78. The number of aliphatic carboxylic acids is 1. The molecular formula is C16H18N2O2S. The van der Waals surface area contributed by atoms with Gasteiger partial charge in [-0.1, -0.05) is 30.3 Å². The van der Waals surface area contributed by atoms with E-state index >= 15 is 0 Å². The van der Waals surface area contributed by atoms with Crippen molar-refractivity contribution in [3.63, 3.8) is 0 Å². The van der Waals surface area contributed by atoms with Gasteiger partial charge in [0, 0.05) is 11.4 Å². The molecule has 4 nitrogen and oxygen atoms in total. The number of rotatable bonds is 6. The lowest BCUT2D eigenvalue weighted by Gasteiger charge is -2.04. The summed E-state index contributed by atoms with van der Waals surface area (Å²) in [5, 5.41) is 13.3. The Bertz CT molecular complexity index is 624. The largest absolute Gasteiger partial charge is 0.481 e. The Kier molecular flexibility index (Phi) is 4.20. The lowest BCUT2D eigenvalue weighted by atomic mass is 10.1. The van der Waals surface area contributed by atoms with E-state index in [0.29, 0.717) is 6.42 Å². The van der Waals surface area contributed by atoms with Crippen molar-refractivity contribution in [2.45, 2.75) is 31.6 Å². The van der Waals surface area contributed by atoms with E-state index in [2.05, 4.69) is 34.6 Å². The molecule has 1 aliphatic rings. The molecule has 0 radical (unpaired) electrons. The van der Waals surface area contributed by atoms with Crippen LogP contribution in [0.25, 0.3) is 0 Å². The van der Waals surface area contributed by atoms with Crippen molar-refractivity contribution >= 4 is 22.4 Å². The number of nitrogens with one attached hydrogen (secondary N) is 1. The molecule has 0 amide bonds. The zero-order valence-corrected chi connectivity index (χ0v) is 12.5. The van der Waals surface area contributed by atoms with Crippen LogP contribution in [0.1, 0.15) is 34.9 Å². The van der Waals surface area contributed by atoms with E-state index in [-0.39, 0.29) is 0 Å². The number of carboxylic acid groups (broad SMARTS) is 1. The van der Waals surface area contributed by atoms with Gasteiger partial charge in [-0.05, 0) is 31.2 Å². The van der Waals surface area contributed by atoms with E-state index in [1.807, 2.05) is 6.07 Å². The molecule has 110 valence electrons. The fraction of sp³-hybridized carbons (Fsp3) is 0.375. The number of fused-ring (bicyclic) bond motifs is 1. The second kappa shape index (κ2) is 6.26. The molecule has 1 heterocycles. The Morgan fingerprint density at radius 2 is 2.19 bits per heavy atom. The van der Waals surface area contributed by atoms with Crippen molar-refractivity contribution < 1.29 is 9.90 Å². The second-order valence-corrected chi connectivity index (χ2v) is 6.36. The molecule has 1 aromatic carbocycles. The average molecular weight is 302 g/mol. The molecule has 21 heavy (non-hydrogen) atoms. The Balaban J connectivity index is 1.51. The fourth-order valence-electron chi connectivity index (χ4n) is 2.68. The summed E-state index contributed by atoms with van der Waals surface area (Å²) < 4.78 is 0. The van der Waals surface area contributed by atoms with Crippen LogP contribution in [-0.2, 0) is 17.6 Å². The van der Waals surface area contributed by atoms with E-state index in [4.69, 9.17) is 5.11 Å². The fourth-order valence-corrected chi connectivity index (χ4v) is 3.74. The number of hydrogen-bond acceptors (Lipinski definition) is 4. The van der Waals surface area contributed by atoms with Gasteiger partial charge in [0.25, 0.3) is 0 Å². The van der Waals surface area contributed by atoms with Gasteiger partial charge in [0.1, 0.15) is 5.92 Å². The van der Waals surface area contributed by atoms with E-state index in [9.17, 15) is 4.79 Å². The van der Waals surface area contributed by atoms with Crippen molar-refractivity contribution in [2.75, 3.05) is 11.9 Å². The number of carbonyl (C=O) groups is 1. The van der Waals surface area contributed by atoms with Gasteiger partial charge in [-0.15, -0.1) is 11.3 Å². The standard InChI is InChI=1S/C16H18N2O2S/c19-15(20)12-8-9-13-14(12)18-16(21-13)17-10-4-7-11-5-2-1-3-6-11/h1-3,5-6,12H,4,7-10H2,(H,17,18)(H,19,20). The topological polar surface area (TPSA) is 62.2 Å². The molecule has 0 spiro atoms. The maximum atomic E-state index is 11.1. The van der Waals surface area contributed by atoms with Gasteiger partial charge in [-0.25, -0.2) is 4.98 Å². The molecule has 1 unspecified atom stereocenters. The van der Waals surface area contributed by atoms with Crippen LogP contribution in [0, 0.1) is 0 Å². The van der Waals surface area contributed by atoms with E-state index in [1.165, 1.54) is 5.56 Å². The number of aryl methyl sites for hydroxylation is 2. The van der Waals surface area contributed by atoms with Crippen LogP contribution < -0.4 is 5.32 Å². The molecule has 1 aliphatic carbocycles. The van der Waals surface area contributed by atoms with Crippen molar-refractivity contribution in [3.05, 3.63) is 46.5 Å². The molecule has 0 bridgehead atoms. The molecule has 3 rings (SSSR count). The van der Waals surface area contributed by atoms with Crippen LogP contribution in [-0.4, -0.2) is 22.6 Å². The Hall–Kier alpha value is -1.88. The van der Waals surface area contributed by atoms with E-state index < -0.39 is 11.9 Å². The van der Waals surface area contributed by atoms with Crippen LogP contribution in [0.2, 0.25) is 0 Å². The van der Waals surface area contributed by atoms with Gasteiger partial charge < -0.3 is 10.4 Å². The second-order valence-electron chi connectivity index (χ2n) is 5.27. The quantitative estimate of drug-likeness (QED) is 0.804. The third kappa shape index (κ3) is 3.24. The Morgan fingerprint density at radius 1 is 1.38 bits per heavy atom. The first-order chi connectivity index (χ1) is 10.2. The van der Waals surface area contributed by atoms with Crippen molar-refractivity contribution in [1.82, 2.24) is 4.98 Å². The van der Waals surface area contributed by atoms with Crippen LogP contribution in [0.4, 0.5) is 5.13 Å². The maximum absolute atomic E-state index is 11.1. The minimum Gasteiger partial charge on any atom is -0.481 e. The number of hydrogen-bond donors (Lipinski definition) is 2.